The van der Waals surface area contributed by atoms with Crippen LogP contribution >= 0.6 is 0 Å². The number of aromatic amines is 1. The van der Waals surface area contributed by atoms with Gasteiger partial charge >= 0.3 is 5.69 Å². The van der Waals surface area contributed by atoms with Crippen LogP contribution in [0.1, 0.15) is 32.3 Å². The molecule has 2 heterocycles. The minimum atomic E-state index is -4.03. The summed E-state index contributed by atoms with van der Waals surface area (Å²) in [7, 11) is -4.03. The van der Waals surface area contributed by atoms with Crippen molar-refractivity contribution in [3.63, 3.8) is 0 Å². The van der Waals surface area contributed by atoms with Gasteiger partial charge in [0.05, 0.1) is 0 Å². The predicted octanol–water partition coefficient (Wildman–Crippen LogP) is 1.12. The molecule has 1 N–H and O–H groups in total. The highest BCUT2D eigenvalue weighted by atomic mass is 32.2. The third kappa shape index (κ3) is 3.31. The van der Waals surface area contributed by atoms with E-state index in [-0.39, 0.29) is 17.7 Å². The number of hydrogen-bond acceptors (Lipinski definition) is 5. The van der Waals surface area contributed by atoms with Gasteiger partial charge in [-0.25, -0.2) is 18.3 Å². The average Bonchev–Trinajstić information content (AvgIpc) is 3.11. The predicted molar refractivity (Wildman–Crippen MR) is 96.9 cm³/mol. The molecule has 1 aliphatic rings. The molecule has 0 bridgehead atoms. The highest BCUT2D eigenvalue weighted by Gasteiger charge is 2.35. The van der Waals surface area contributed by atoms with E-state index in [1.54, 1.807) is 0 Å². The number of carbonyl (C=O) groups is 1. The molecular weight excluding hydrogens is 356 g/mol. The Hall–Kier alpha value is -2.42. The minimum Gasteiger partial charge on any atom is -0.308 e. The summed E-state index contributed by atoms with van der Waals surface area (Å²) in [6, 6.07) is 7.35. The Bertz CT molecular complexity index is 977. The van der Waals surface area contributed by atoms with Gasteiger partial charge in [0.1, 0.15) is 5.75 Å². The number of nitrogens with zero attached hydrogens (tertiary/aromatic N) is 3. The number of benzene rings is 1. The Morgan fingerprint density at radius 3 is 2.81 bits per heavy atom. The van der Waals surface area contributed by atoms with Gasteiger partial charge in [-0.15, -0.1) is 5.10 Å². The van der Waals surface area contributed by atoms with E-state index in [0.29, 0.717) is 12.8 Å². The van der Waals surface area contributed by atoms with Crippen molar-refractivity contribution in [3.8, 4) is 0 Å². The fourth-order valence-corrected chi connectivity index (χ4v) is 4.58. The monoisotopic (exact) mass is 378 g/mol. The maximum absolute atomic E-state index is 12.8. The largest absolute Gasteiger partial charge is 0.344 e. The summed E-state index contributed by atoms with van der Waals surface area (Å²) in [5, 5.41) is 5.45. The first kappa shape index (κ1) is 18.4. The van der Waals surface area contributed by atoms with Crippen LogP contribution in [0, 0.1) is 0 Å². The van der Waals surface area contributed by atoms with Gasteiger partial charge in [-0.2, -0.15) is 0 Å². The molecular formula is C17H22N4O4S. The molecule has 0 aliphatic carbocycles. The third-order valence-electron chi connectivity index (χ3n) is 4.53. The van der Waals surface area contributed by atoms with Crippen LogP contribution < -0.4 is 10.6 Å². The fraction of sp³-hybridized carbons (Fsp3) is 0.471. The zero-order chi connectivity index (χ0) is 18.9. The van der Waals surface area contributed by atoms with Crippen molar-refractivity contribution in [3.05, 3.63) is 40.3 Å². The molecule has 0 fully saturated rings. The molecule has 0 unspecified atom stereocenters. The van der Waals surface area contributed by atoms with Gasteiger partial charge in [-0.1, -0.05) is 31.5 Å². The van der Waals surface area contributed by atoms with Crippen molar-refractivity contribution in [1.82, 2.24) is 14.8 Å². The molecule has 0 radical (unpaired) electrons. The molecule has 1 aliphatic heterocycles. The number of H-pyrrole nitrogens is 1. The average molecular weight is 378 g/mol. The zero-order valence-corrected chi connectivity index (χ0v) is 15.6. The zero-order valence-electron chi connectivity index (χ0n) is 14.8. The van der Waals surface area contributed by atoms with Gasteiger partial charge in [0.25, 0.3) is 5.16 Å². The van der Waals surface area contributed by atoms with Crippen molar-refractivity contribution in [2.24, 2.45) is 0 Å². The maximum atomic E-state index is 12.8. The lowest BCUT2D eigenvalue weighted by atomic mass is 10.1. The number of sulfone groups is 1. The molecule has 1 atom stereocenters. The van der Waals surface area contributed by atoms with Crippen LogP contribution in [-0.2, 0) is 27.6 Å². The topological polar surface area (TPSA) is 105 Å². The Morgan fingerprint density at radius 2 is 2.08 bits per heavy atom. The van der Waals surface area contributed by atoms with Gasteiger partial charge in [0, 0.05) is 18.3 Å². The SMILES string of the molecule is CCCCn1c(S(=O)(=O)CC(=O)N2c3ccccc3C[C@H]2C)n[nH]c1=O. The van der Waals surface area contributed by atoms with Gasteiger partial charge in [-0.3, -0.25) is 9.36 Å². The van der Waals surface area contributed by atoms with Crippen molar-refractivity contribution in [2.75, 3.05) is 10.7 Å². The summed E-state index contributed by atoms with van der Waals surface area (Å²) in [6.45, 7) is 4.07. The van der Waals surface area contributed by atoms with Crippen LogP contribution in [0.15, 0.2) is 34.2 Å². The lowest BCUT2D eigenvalue weighted by molar-refractivity contribution is -0.116. The van der Waals surface area contributed by atoms with Crippen LogP contribution in [0.5, 0.6) is 0 Å². The number of fused-ring (bicyclic) bond motifs is 1. The van der Waals surface area contributed by atoms with Crippen LogP contribution in [0.25, 0.3) is 0 Å². The van der Waals surface area contributed by atoms with E-state index < -0.39 is 27.2 Å². The number of rotatable bonds is 6. The Labute approximate surface area is 151 Å². The van der Waals surface area contributed by atoms with E-state index in [9.17, 15) is 18.0 Å². The van der Waals surface area contributed by atoms with Gasteiger partial charge in [0.2, 0.25) is 15.7 Å². The summed E-state index contributed by atoms with van der Waals surface area (Å²) < 4.78 is 26.5. The highest BCUT2D eigenvalue weighted by Crippen LogP contribution is 2.32. The van der Waals surface area contributed by atoms with E-state index in [2.05, 4.69) is 10.2 Å². The lowest BCUT2D eigenvalue weighted by Crippen LogP contribution is -2.40. The summed E-state index contributed by atoms with van der Waals surface area (Å²) in [6.07, 6.45) is 2.14. The second kappa shape index (κ2) is 7.06. The second-order valence-corrected chi connectivity index (χ2v) is 8.40. The molecule has 2 aromatic rings. The number of hydrogen-bond donors (Lipinski definition) is 1. The number of nitrogens with one attached hydrogen (secondary N) is 1. The number of aromatic nitrogens is 3. The number of para-hydroxylation sites is 1. The molecule has 26 heavy (non-hydrogen) atoms. The van der Waals surface area contributed by atoms with Crippen LogP contribution in [0.4, 0.5) is 5.69 Å². The minimum absolute atomic E-state index is 0.114. The van der Waals surface area contributed by atoms with Crippen molar-refractivity contribution >= 4 is 21.4 Å². The number of amides is 1. The molecule has 0 spiro atoms. The van der Waals surface area contributed by atoms with E-state index in [1.165, 1.54) is 4.90 Å². The quantitative estimate of drug-likeness (QED) is 0.811. The summed E-state index contributed by atoms with van der Waals surface area (Å²) >= 11 is 0. The van der Waals surface area contributed by atoms with Crippen LogP contribution in [-0.4, -0.2) is 40.9 Å². The second-order valence-electron chi connectivity index (χ2n) is 6.52. The lowest BCUT2D eigenvalue weighted by Gasteiger charge is -2.22. The van der Waals surface area contributed by atoms with Gasteiger partial charge in [0.15, 0.2) is 0 Å². The summed E-state index contributed by atoms with van der Waals surface area (Å²) in [5.74, 6) is -1.23. The smallest absolute Gasteiger partial charge is 0.308 e. The first-order chi connectivity index (χ1) is 12.3. The number of unbranched alkanes of at least 4 members (excludes halogenated alkanes) is 1. The van der Waals surface area contributed by atoms with Gasteiger partial charge in [-0.05, 0) is 31.4 Å². The first-order valence-electron chi connectivity index (χ1n) is 8.63. The number of anilines is 1. The normalized spacial score (nSPS) is 16.7. The highest BCUT2D eigenvalue weighted by molar-refractivity contribution is 7.92. The van der Waals surface area contributed by atoms with Crippen molar-refractivity contribution in [1.29, 1.82) is 0 Å². The van der Waals surface area contributed by atoms with Crippen LogP contribution in [0.2, 0.25) is 0 Å². The molecule has 8 nitrogen and oxygen atoms in total. The van der Waals surface area contributed by atoms with E-state index in [4.69, 9.17) is 0 Å². The first-order valence-corrected chi connectivity index (χ1v) is 10.3. The Morgan fingerprint density at radius 1 is 1.35 bits per heavy atom. The molecule has 0 saturated heterocycles. The molecule has 9 heteroatoms. The standard InChI is InChI=1S/C17H22N4O4S/c1-3-4-9-20-16(23)18-19-17(20)26(24,25)11-15(22)21-12(2)10-13-7-5-6-8-14(13)21/h5-8,12H,3-4,9-11H2,1-2H3,(H,18,23)/t12-/m1/s1. The molecule has 1 aromatic carbocycles. The third-order valence-corrected chi connectivity index (χ3v) is 6.02. The fourth-order valence-electron chi connectivity index (χ4n) is 3.30. The molecule has 140 valence electrons. The molecule has 3 rings (SSSR count). The van der Waals surface area contributed by atoms with E-state index in [0.717, 1.165) is 22.2 Å². The van der Waals surface area contributed by atoms with Crippen molar-refractivity contribution < 1.29 is 13.2 Å². The summed E-state index contributed by atoms with van der Waals surface area (Å²) in [4.78, 5) is 26.1. The van der Waals surface area contributed by atoms with Gasteiger partial charge < -0.3 is 4.90 Å². The Balaban J connectivity index is 1.87. The van der Waals surface area contributed by atoms with E-state index >= 15 is 0 Å². The summed E-state index contributed by atoms with van der Waals surface area (Å²) in [5.41, 5.74) is 1.18. The van der Waals surface area contributed by atoms with E-state index in [1.807, 2.05) is 38.1 Å². The Kier molecular flexibility index (Phi) is 4.99. The molecule has 1 amide bonds. The maximum Gasteiger partial charge on any atom is 0.344 e. The molecule has 1 aromatic heterocycles. The molecule has 0 saturated carbocycles. The van der Waals surface area contributed by atoms with Crippen LogP contribution in [0.3, 0.4) is 0 Å². The number of carbonyl (C=O) groups excluding carboxylic acids is 1. The van der Waals surface area contributed by atoms with Crippen molar-refractivity contribution in [2.45, 2.75) is 50.9 Å².